The van der Waals surface area contributed by atoms with Crippen molar-refractivity contribution < 1.29 is 13.2 Å². The zero-order valence-electron chi connectivity index (χ0n) is 20.8. The van der Waals surface area contributed by atoms with Crippen LogP contribution in [0.15, 0.2) is 97.1 Å². The van der Waals surface area contributed by atoms with Gasteiger partial charge in [0.1, 0.15) is 5.82 Å². The lowest BCUT2D eigenvalue weighted by atomic mass is 10.0. The highest BCUT2D eigenvalue weighted by atomic mass is 35.5. The van der Waals surface area contributed by atoms with Crippen LogP contribution in [-0.4, -0.2) is 29.6 Å². The summed E-state index contributed by atoms with van der Waals surface area (Å²) in [6, 6.07) is 30.3. The normalized spacial score (nSPS) is 11.5. The predicted octanol–water partition coefficient (Wildman–Crippen LogP) is 5.88. The van der Waals surface area contributed by atoms with Gasteiger partial charge in [-0.1, -0.05) is 78.3 Å². The Labute approximate surface area is 227 Å². The zero-order valence-corrected chi connectivity index (χ0v) is 22.3. The Kier molecular flexibility index (Phi) is 7.31. The number of imidazole rings is 1. The van der Waals surface area contributed by atoms with Gasteiger partial charge in [-0.3, -0.25) is 9.36 Å². The molecule has 0 radical (unpaired) electrons. The molecule has 0 unspecified atom stereocenters. The van der Waals surface area contributed by atoms with Crippen LogP contribution in [0.3, 0.4) is 0 Å². The molecule has 1 heterocycles. The van der Waals surface area contributed by atoms with Crippen molar-refractivity contribution in [3.8, 4) is 5.69 Å². The lowest BCUT2D eigenvalue weighted by Crippen LogP contribution is -2.33. The summed E-state index contributed by atoms with van der Waals surface area (Å²) in [5, 5.41) is 0.555. The molecule has 38 heavy (non-hydrogen) atoms. The first kappa shape index (κ1) is 25.7. The van der Waals surface area contributed by atoms with Gasteiger partial charge in [0.2, 0.25) is 10.0 Å². The van der Waals surface area contributed by atoms with Crippen molar-refractivity contribution in [2.45, 2.75) is 19.8 Å². The summed E-state index contributed by atoms with van der Waals surface area (Å²) in [7, 11) is -3.82. The van der Waals surface area contributed by atoms with Gasteiger partial charge in [0.15, 0.2) is 0 Å². The van der Waals surface area contributed by atoms with E-state index in [0.29, 0.717) is 28.3 Å². The summed E-state index contributed by atoms with van der Waals surface area (Å²) in [6.07, 6.45) is 1.07. The number of aryl methyl sites for hydroxylation is 2. The Bertz CT molecular complexity index is 1720. The van der Waals surface area contributed by atoms with E-state index in [4.69, 9.17) is 11.6 Å². The second-order valence-electron chi connectivity index (χ2n) is 9.13. The molecule has 1 aromatic heterocycles. The summed E-state index contributed by atoms with van der Waals surface area (Å²) in [5.41, 5.74) is 5.45. The highest BCUT2D eigenvalue weighted by Gasteiger charge is 2.19. The quantitative estimate of drug-likeness (QED) is 0.265. The zero-order chi connectivity index (χ0) is 26.7. The number of carbonyl (C=O) groups is 1. The van der Waals surface area contributed by atoms with Gasteiger partial charge in [-0.05, 0) is 66.8 Å². The molecule has 1 N–H and O–H groups in total. The third-order valence-electron chi connectivity index (χ3n) is 6.34. The molecule has 5 aromatic rings. The number of carbonyl (C=O) groups excluding carboxylic acids is 1. The molecule has 0 spiro atoms. The molecule has 0 aliphatic rings. The monoisotopic (exact) mass is 543 g/mol. The van der Waals surface area contributed by atoms with Gasteiger partial charge in [-0.15, -0.1) is 0 Å². The van der Waals surface area contributed by atoms with E-state index in [2.05, 4.69) is 21.8 Å². The maximum Gasteiger partial charge on any atom is 0.264 e. The molecule has 192 valence electrons. The van der Waals surface area contributed by atoms with Crippen LogP contribution in [-0.2, 0) is 22.9 Å². The van der Waals surface area contributed by atoms with Crippen LogP contribution in [0.1, 0.15) is 32.9 Å². The van der Waals surface area contributed by atoms with Crippen LogP contribution < -0.4 is 4.72 Å². The van der Waals surface area contributed by atoms with Crippen LogP contribution in [0.5, 0.6) is 0 Å². The smallest absolute Gasteiger partial charge is 0.264 e. The average Bonchev–Trinajstić information content (AvgIpc) is 3.23. The molecule has 0 fully saturated rings. The number of nitrogens with one attached hydrogen (secondary N) is 1. The number of aromatic nitrogens is 2. The fourth-order valence-corrected chi connectivity index (χ4v) is 5.76. The Morgan fingerprint density at radius 2 is 1.55 bits per heavy atom. The SMILES string of the molecule is Cc1nc2ccc(C(=O)NS(=O)(=O)CCc3ccccc3)cc2n1-c1ccc(Cc2ccccc2)cc1Cl. The Balaban J connectivity index is 1.39. The molecule has 0 atom stereocenters. The van der Waals surface area contributed by atoms with Gasteiger partial charge in [-0.2, -0.15) is 0 Å². The van der Waals surface area contributed by atoms with E-state index in [1.54, 1.807) is 18.2 Å². The Morgan fingerprint density at radius 1 is 0.868 bits per heavy atom. The minimum Gasteiger partial charge on any atom is -0.295 e. The van der Waals surface area contributed by atoms with E-state index in [1.165, 1.54) is 5.56 Å². The number of nitrogens with zero attached hydrogens (tertiary/aromatic N) is 2. The third-order valence-corrected chi connectivity index (χ3v) is 7.88. The first-order valence-electron chi connectivity index (χ1n) is 12.2. The first-order valence-corrected chi connectivity index (χ1v) is 14.2. The largest absolute Gasteiger partial charge is 0.295 e. The van der Waals surface area contributed by atoms with Crippen molar-refractivity contribution in [3.63, 3.8) is 0 Å². The highest BCUT2D eigenvalue weighted by molar-refractivity contribution is 7.90. The van der Waals surface area contributed by atoms with Crippen LogP contribution in [0.4, 0.5) is 0 Å². The average molecular weight is 544 g/mol. The standard InChI is InChI=1S/C30H26ClN3O3S/c1-21-32-27-14-13-25(30(35)33-38(36,37)17-16-22-8-4-2-5-9-22)20-29(27)34(21)28-15-12-24(19-26(28)31)18-23-10-6-3-7-11-23/h2-15,19-20H,16-18H2,1H3,(H,33,35). The molecule has 5 rings (SSSR count). The summed E-state index contributed by atoms with van der Waals surface area (Å²) in [4.78, 5) is 17.5. The molecule has 4 aromatic carbocycles. The topological polar surface area (TPSA) is 81.1 Å². The van der Waals surface area contributed by atoms with E-state index >= 15 is 0 Å². The predicted molar refractivity (Wildman–Crippen MR) is 151 cm³/mol. The first-order chi connectivity index (χ1) is 18.3. The minimum absolute atomic E-state index is 0.188. The third kappa shape index (κ3) is 5.79. The Morgan fingerprint density at radius 3 is 2.24 bits per heavy atom. The Hall–Kier alpha value is -3.94. The van der Waals surface area contributed by atoms with E-state index in [-0.39, 0.29) is 11.3 Å². The van der Waals surface area contributed by atoms with Crippen LogP contribution in [0, 0.1) is 6.92 Å². The van der Waals surface area contributed by atoms with Crippen molar-refractivity contribution >= 4 is 38.6 Å². The second kappa shape index (κ2) is 10.8. The molecular weight excluding hydrogens is 518 g/mol. The molecular formula is C30H26ClN3O3S. The highest BCUT2D eigenvalue weighted by Crippen LogP contribution is 2.29. The number of rotatable bonds is 8. The number of benzene rings is 4. The molecule has 1 amide bonds. The number of sulfonamides is 1. The number of halogens is 1. The molecule has 8 heteroatoms. The molecule has 0 saturated heterocycles. The van der Waals surface area contributed by atoms with Crippen LogP contribution in [0.25, 0.3) is 16.7 Å². The van der Waals surface area contributed by atoms with Gasteiger partial charge < -0.3 is 0 Å². The molecule has 0 aliphatic heterocycles. The van der Waals surface area contributed by atoms with Gasteiger partial charge >= 0.3 is 0 Å². The fourth-order valence-electron chi connectivity index (χ4n) is 4.46. The van der Waals surface area contributed by atoms with E-state index in [0.717, 1.165) is 23.2 Å². The van der Waals surface area contributed by atoms with E-state index < -0.39 is 15.9 Å². The van der Waals surface area contributed by atoms with E-state index in [1.807, 2.05) is 78.2 Å². The van der Waals surface area contributed by atoms with Crippen molar-refractivity contribution in [3.05, 3.63) is 130 Å². The molecule has 6 nitrogen and oxygen atoms in total. The van der Waals surface area contributed by atoms with Crippen molar-refractivity contribution in [2.24, 2.45) is 0 Å². The van der Waals surface area contributed by atoms with Gasteiger partial charge in [0.25, 0.3) is 5.91 Å². The lowest BCUT2D eigenvalue weighted by Gasteiger charge is -2.12. The number of fused-ring (bicyclic) bond motifs is 1. The summed E-state index contributed by atoms with van der Waals surface area (Å²) >= 11 is 6.73. The number of hydrogen-bond acceptors (Lipinski definition) is 4. The van der Waals surface area contributed by atoms with Crippen LogP contribution >= 0.6 is 11.6 Å². The lowest BCUT2D eigenvalue weighted by molar-refractivity contribution is 0.0981. The maximum absolute atomic E-state index is 12.9. The molecule has 0 bridgehead atoms. The van der Waals surface area contributed by atoms with Crippen molar-refractivity contribution in [1.29, 1.82) is 0 Å². The van der Waals surface area contributed by atoms with Gasteiger partial charge in [-0.25, -0.2) is 18.1 Å². The number of amides is 1. The van der Waals surface area contributed by atoms with Gasteiger partial charge in [0.05, 0.1) is 27.5 Å². The fraction of sp³-hybridized carbons (Fsp3) is 0.133. The minimum atomic E-state index is -3.82. The van der Waals surface area contributed by atoms with Crippen molar-refractivity contribution in [2.75, 3.05) is 5.75 Å². The van der Waals surface area contributed by atoms with Gasteiger partial charge in [0, 0.05) is 5.56 Å². The summed E-state index contributed by atoms with van der Waals surface area (Å²) < 4.78 is 29.2. The number of hydrogen-bond donors (Lipinski definition) is 1. The van der Waals surface area contributed by atoms with Crippen molar-refractivity contribution in [1.82, 2.24) is 14.3 Å². The molecule has 0 saturated carbocycles. The summed E-state index contributed by atoms with van der Waals surface area (Å²) in [6.45, 7) is 1.86. The van der Waals surface area contributed by atoms with Crippen LogP contribution in [0.2, 0.25) is 5.02 Å². The second-order valence-corrected chi connectivity index (χ2v) is 11.4. The maximum atomic E-state index is 12.9. The summed E-state index contributed by atoms with van der Waals surface area (Å²) in [5.74, 6) is -0.173. The van der Waals surface area contributed by atoms with E-state index in [9.17, 15) is 13.2 Å². The molecule has 0 aliphatic carbocycles.